The summed E-state index contributed by atoms with van der Waals surface area (Å²) in [5, 5.41) is 0. The number of hydrogen-bond donors (Lipinski definition) is 0. The highest BCUT2D eigenvalue weighted by molar-refractivity contribution is 14.1. The van der Waals surface area contributed by atoms with Gasteiger partial charge in [-0.05, 0) is 52.9 Å². The second-order valence-electron chi connectivity index (χ2n) is 4.05. The Bertz CT molecular complexity index is 639. The van der Waals surface area contributed by atoms with Crippen molar-refractivity contribution in [3.05, 3.63) is 51.3 Å². The molecule has 0 fully saturated rings. The molecule has 0 heterocycles. The van der Waals surface area contributed by atoms with Crippen molar-refractivity contribution >= 4 is 22.6 Å². The normalized spacial score (nSPS) is 11.3. The first-order valence-electron chi connectivity index (χ1n) is 5.69. The van der Waals surface area contributed by atoms with Crippen LogP contribution in [-0.4, -0.2) is 7.11 Å². The van der Waals surface area contributed by atoms with Gasteiger partial charge in [0.15, 0.2) is 11.6 Å². The highest BCUT2D eigenvalue weighted by Crippen LogP contribution is 2.33. The molecule has 0 radical (unpaired) electrons. The fourth-order valence-electron chi connectivity index (χ4n) is 1.60. The highest BCUT2D eigenvalue weighted by Gasteiger charge is 2.30. The summed E-state index contributed by atoms with van der Waals surface area (Å²) in [6.45, 7) is 0. The van der Waals surface area contributed by atoms with Crippen LogP contribution in [0.5, 0.6) is 17.2 Å². The van der Waals surface area contributed by atoms with E-state index < -0.39 is 17.6 Å². The molecule has 0 aliphatic carbocycles. The van der Waals surface area contributed by atoms with Gasteiger partial charge in [0.2, 0.25) is 0 Å². The van der Waals surface area contributed by atoms with Gasteiger partial charge in [-0.25, -0.2) is 4.39 Å². The van der Waals surface area contributed by atoms with E-state index in [1.165, 1.54) is 31.4 Å². The molecule has 2 rings (SSSR count). The Morgan fingerprint density at radius 2 is 1.62 bits per heavy atom. The lowest BCUT2D eigenvalue weighted by molar-refractivity contribution is -0.137. The number of ether oxygens (including phenoxy) is 2. The van der Waals surface area contributed by atoms with Crippen LogP contribution in [0.3, 0.4) is 0 Å². The molecule has 0 saturated heterocycles. The van der Waals surface area contributed by atoms with Gasteiger partial charge in [-0.2, -0.15) is 13.2 Å². The van der Waals surface area contributed by atoms with Crippen LogP contribution in [0.4, 0.5) is 17.6 Å². The molecule has 0 spiro atoms. The molecule has 112 valence electrons. The zero-order valence-electron chi connectivity index (χ0n) is 10.7. The second kappa shape index (κ2) is 6.08. The van der Waals surface area contributed by atoms with Gasteiger partial charge in [-0.3, -0.25) is 0 Å². The topological polar surface area (TPSA) is 18.5 Å². The lowest BCUT2D eigenvalue weighted by Crippen LogP contribution is -2.04. The van der Waals surface area contributed by atoms with Crippen molar-refractivity contribution in [3.63, 3.8) is 0 Å². The summed E-state index contributed by atoms with van der Waals surface area (Å²) in [6, 6.07) is 6.99. The third-order valence-corrected chi connectivity index (χ3v) is 3.39. The molecule has 0 aliphatic heterocycles. The minimum Gasteiger partial charge on any atom is -0.494 e. The molecule has 2 aromatic rings. The quantitative estimate of drug-likeness (QED) is 0.507. The number of methoxy groups -OCH3 is 1. The van der Waals surface area contributed by atoms with Gasteiger partial charge in [-0.1, -0.05) is 0 Å². The van der Waals surface area contributed by atoms with Crippen LogP contribution >= 0.6 is 22.6 Å². The molecule has 21 heavy (non-hydrogen) atoms. The van der Waals surface area contributed by atoms with E-state index in [2.05, 4.69) is 0 Å². The fourth-order valence-corrected chi connectivity index (χ4v) is 2.17. The predicted molar refractivity (Wildman–Crippen MR) is 77.2 cm³/mol. The summed E-state index contributed by atoms with van der Waals surface area (Å²) in [4.78, 5) is 0. The van der Waals surface area contributed by atoms with E-state index >= 15 is 0 Å². The molecule has 0 amide bonds. The molecule has 2 nitrogen and oxygen atoms in total. The Morgan fingerprint density at radius 1 is 1.00 bits per heavy atom. The average Bonchev–Trinajstić information content (AvgIpc) is 2.42. The van der Waals surface area contributed by atoms with E-state index in [-0.39, 0.29) is 20.8 Å². The molecular formula is C14H9F4IO2. The second-order valence-corrected chi connectivity index (χ2v) is 5.21. The number of benzene rings is 2. The van der Waals surface area contributed by atoms with Crippen LogP contribution in [0.25, 0.3) is 0 Å². The molecule has 0 aliphatic rings. The maximum atomic E-state index is 13.6. The summed E-state index contributed by atoms with van der Waals surface area (Å²) in [5.41, 5.74) is -0.763. The Morgan fingerprint density at radius 3 is 2.14 bits per heavy atom. The van der Waals surface area contributed by atoms with E-state index in [0.717, 1.165) is 12.1 Å². The molecule has 0 unspecified atom stereocenters. The minimum atomic E-state index is -4.40. The van der Waals surface area contributed by atoms with Gasteiger partial charge < -0.3 is 9.47 Å². The van der Waals surface area contributed by atoms with E-state index in [0.29, 0.717) is 0 Å². The summed E-state index contributed by atoms with van der Waals surface area (Å²) in [7, 11) is 1.32. The van der Waals surface area contributed by atoms with E-state index in [9.17, 15) is 17.6 Å². The smallest absolute Gasteiger partial charge is 0.416 e. The minimum absolute atomic E-state index is 0.00353. The number of alkyl halides is 3. The van der Waals surface area contributed by atoms with Crippen molar-refractivity contribution in [1.29, 1.82) is 0 Å². The van der Waals surface area contributed by atoms with Crippen molar-refractivity contribution in [1.82, 2.24) is 0 Å². The SMILES string of the molecule is COc1cc(Oc2ccc(C(F)(F)F)cc2)cc(I)c1F. The average molecular weight is 412 g/mol. The van der Waals surface area contributed by atoms with Crippen molar-refractivity contribution in [3.8, 4) is 17.2 Å². The number of rotatable bonds is 3. The van der Waals surface area contributed by atoms with Gasteiger partial charge in [0.05, 0.1) is 16.2 Å². The fraction of sp³-hybridized carbons (Fsp3) is 0.143. The van der Waals surface area contributed by atoms with Gasteiger partial charge in [0, 0.05) is 6.07 Å². The zero-order chi connectivity index (χ0) is 15.6. The number of halogens is 5. The van der Waals surface area contributed by atoms with E-state index in [1.54, 1.807) is 22.6 Å². The van der Waals surface area contributed by atoms with Crippen LogP contribution in [0.15, 0.2) is 36.4 Å². The van der Waals surface area contributed by atoms with Crippen molar-refractivity contribution < 1.29 is 27.0 Å². The van der Waals surface area contributed by atoms with Crippen LogP contribution < -0.4 is 9.47 Å². The van der Waals surface area contributed by atoms with Gasteiger partial charge in [0.25, 0.3) is 0 Å². The Hall–Kier alpha value is -1.51. The lowest BCUT2D eigenvalue weighted by Gasteiger charge is -2.11. The maximum Gasteiger partial charge on any atom is 0.416 e. The van der Waals surface area contributed by atoms with E-state index in [4.69, 9.17) is 9.47 Å². The largest absolute Gasteiger partial charge is 0.494 e. The third kappa shape index (κ3) is 3.78. The third-order valence-electron chi connectivity index (χ3n) is 2.61. The summed E-state index contributed by atoms with van der Waals surface area (Å²) in [5.74, 6) is -0.0217. The highest BCUT2D eigenvalue weighted by atomic mass is 127. The summed E-state index contributed by atoms with van der Waals surface area (Å²) < 4.78 is 61.5. The van der Waals surface area contributed by atoms with Crippen molar-refractivity contribution in [2.24, 2.45) is 0 Å². The van der Waals surface area contributed by atoms with Crippen LogP contribution in [0, 0.1) is 9.39 Å². The molecule has 0 saturated carbocycles. The van der Waals surface area contributed by atoms with Crippen molar-refractivity contribution in [2.45, 2.75) is 6.18 Å². The molecule has 0 aromatic heterocycles. The Kier molecular flexibility index (Phi) is 4.60. The predicted octanol–water partition coefficient (Wildman–Crippen LogP) is 5.25. The standard InChI is InChI=1S/C14H9F4IO2/c1-20-12-7-10(6-11(19)13(12)15)21-9-4-2-8(3-5-9)14(16,17)18/h2-7H,1H3. The molecule has 2 aromatic carbocycles. The molecule has 0 N–H and O–H groups in total. The first-order valence-corrected chi connectivity index (χ1v) is 6.77. The lowest BCUT2D eigenvalue weighted by atomic mass is 10.2. The Labute approximate surface area is 131 Å². The Balaban J connectivity index is 2.24. The molecule has 0 bridgehead atoms. The maximum absolute atomic E-state index is 13.6. The van der Waals surface area contributed by atoms with Crippen LogP contribution in [0.1, 0.15) is 5.56 Å². The molecule has 7 heteroatoms. The zero-order valence-corrected chi connectivity index (χ0v) is 12.8. The number of hydrogen-bond acceptors (Lipinski definition) is 2. The first kappa shape index (κ1) is 15.9. The molecule has 0 atom stereocenters. The van der Waals surface area contributed by atoms with Gasteiger partial charge in [-0.15, -0.1) is 0 Å². The summed E-state index contributed by atoms with van der Waals surface area (Å²) in [6.07, 6.45) is -4.40. The van der Waals surface area contributed by atoms with Crippen LogP contribution in [-0.2, 0) is 6.18 Å². The first-order chi connectivity index (χ1) is 9.81. The van der Waals surface area contributed by atoms with Crippen molar-refractivity contribution in [2.75, 3.05) is 7.11 Å². The van der Waals surface area contributed by atoms with Gasteiger partial charge >= 0.3 is 6.18 Å². The summed E-state index contributed by atoms with van der Waals surface area (Å²) >= 11 is 1.77. The van der Waals surface area contributed by atoms with Gasteiger partial charge in [0.1, 0.15) is 11.5 Å². The monoisotopic (exact) mass is 412 g/mol. The molecular weight excluding hydrogens is 403 g/mol. The van der Waals surface area contributed by atoms with E-state index in [1.807, 2.05) is 0 Å². The van der Waals surface area contributed by atoms with Crippen LogP contribution in [0.2, 0.25) is 0 Å².